The minimum Gasteiger partial charge on any atom is -0.344 e. The number of benzene rings is 12. The predicted octanol–water partition coefficient (Wildman–Crippen LogP) is 21.4. The van der Waals surface area contributed by atoms with Crippen molar-refractivity contribution in [3.63, 3.8) is 0 Å². The average molecular weight is 1110 g/mol. The van der Waals surface area contributed by atoms with E-state index in [1.807, 2.05) is 46.9 Å². The van der Waals surface area contributed by atoms with Gasteiger partial charge in [0.15, 0.2) is 0 Å². The maximum Gasteiger partial charge on any atom is 0.0991 e. The first kappa shape index (κ1) is 49.5. The second kappa shape index (κ2) is 19.2. The highest BCUT2D eigenvalue weighted by Gasteiger charge is 2.48. The number of anilines is 6. The van der Waals surface area contributed by atoms with E-state index in [9.17, 15) is 10.5 Å². The summed E-state index contributed by atoms with van der Waals surface area (Å²) in [5.74, 6) is 0.358. The van der Waals surface area contributed by atoms with Gasteiger partial charge in [0.1, 0.15) is 0 Å². The first-order valence-corrected chi connectivity index (χ1v) is 30.1. The van der Waals surface area contributed by atoms with Gasteiger partial charge in [-0.15, -0.1) is 22.7 Å². The zero-order valence-corrected chi connectivity index (χ0v) is 47.9. The summed E-state index contributed by atoms with van der Waals surface area (Å²) in [5, 5.41) is 30.4. The third-order valence-corrected chi connectivity index (χ3v) is 20.1. The summed E-state index contributed by atoms with van der Waals surface area (Å²) in [6.07, 6.45) is 0. The molecular weight excluding hydrogens is 1060 g/mol. The zero-order valence-electron chi connectivity index (χ0n) is 46.3. The van der Waals surface area contributed by atoms with Crippen LogP contribution in [0.3, 0.4) is 0 Å². The highest BCUT2D eigenvalue weighted by atomic mass is 32.1. The van der Waals surface area contributed by atoms with Gasteiger partial charge in [0.2, 0.25) is 0 Å². The Morgan fingerprint density at radius 3 is 1.65 bits per heavy atom. The van der Waals surface area contributed by atoms with Crippen LogP contribution in [-0.2, 0) is 12.5 Å². The Hall–Kier alpha value is -10.3. The Balaban J connectivity index is 1.04. The normalized spacial score (nSPS) is 12.6. The van der Waals surface area contributed by atoms with E-state index in [0.717, 1.165) is 83.8 Å². The van der Waals surface area contributed by atoms with Crippen LogP contribution >= 0.6 is 22.7 Å². The van der Waals surface area contributed by atoms with Crippen LogP contribution in [-0.4, -0.2) is 4.57 Å². The summed E-state index contributed by atoms with van der Waals surface area (Å²) in [6.45, 7) is 4.50. The highest BCUT2D eigenvalue weighted by molar-refractivity contribution is 7.26. The molecule has 16 rings (SSSR count). The summed E-state index contributed by atoms with van der Waals surface area (Å²) < 4.78 is 7.23. The molecule has 3 aromatic heterocycles. The van der Waals surface area contributed by atoms with E-state index < -0.39 is 5.41 Å². The molecule has 7 heteroatoms. The number of para-hydroxylation sites is 1. The topological polar surface area (TPSA) is 59.0 Å². The van der Waals surface area contributed by atoms with E-state index in [2.05, 4.69) is 272 Å². The lowest BCUT2D eigenvalue weighted by Crippen LogP contribution is -2.29. The molecule has 12 aromatic carbocycles. The Morgan fingerprint density at radius 1 is 0.417 bits per heavy atom. The molecule has 15 aromatic rings. The van der Waals surface area contributed by atoms with Crippen molar-refractivity contribution in [1.82, 2.24) is 4.57 Å². The number of hydrogen-bond acceptors (Lipinski definition) is 6. The van der Waals surface area contributed by atoms with Crippen molar-refractivity contribution in [2.24, 2.45) is 7.05 Å². The molecule has 0 N–H and O–H groups in total. The fraction of sp³-hybridized carbons (Fsp3) is 0.0649. The van der Waals surface area contributed by atoms with Crippen LogP contribution in [0.5, 0.6) is 0 Å². The van der Waals surface area contributed by atoms with E-state index >= 15 is 0 Å². The molecule has 84 heavy (non-hydrogen) atoms. The fourth-order valence-electron chi connectivity index (χ4n) is 13.9. The average Bonchev–Trinajstić information content (AvgIpc) is 1.58. The molecule has 0 aliphatic heterocycles. The van der Waals surface area contributed by atoms with Gasteiger partial charge < -0.3 is 14.4 Å². The molecule has 3 heterocycles. The highest BCUT2D eigenvalue weighted by Crippen LogP contribution is 2.62. The summed E-state index contributed by atoms with van der Waals surface area (Å²) >= 11 is 3.67. The Kier molecular flexibility index (Phi) is 11.3. The van der Waals surface area contributed by atoms with Gasteiger partial charge >= 0.3 is 0 Å². The second-order valence-corrected chi connectivity index (χ2v) is 24.5. The zero-order chi connectivity index (χ0) is 56.4. The van der Waals surface area contributed by atoms with E-state index in [0.29, 0.717) is 17.0 Å². The van der Waals surface area contributed by atoms with Crippen LogP contribution in [0.2, 0.25) is 0 Å². The van der Waals surface area contributed by atoms with Gasteiger partial charge in [-0.2, -0.15) is 10.5 Å². The first-order valence-electron chi connectivity index (χ1n) is 28.5. The molecule has 0 fully saturated rings. The van der Waals surface area contributed by atoms with Crippen molar-refractivity contribution in [3.05, 3.63) is 288 Å². The third-order valence-electron chi connectivity index (χ3n) is 17.7. The van der Waals surface area contributed by atoms with Crippen LogP contribution in [0.25, 0.3) is 84.0 Å². The summed E-state index contributed by atoms with van der Waals surface area (Å²) in [7, 11) is 2.17. The van der Waals surface area contributed by atoms with Crippen molar-refractivity contribution in [3.8, 4) is 23.3 Å². The van der Waals surface area contributed by atoms with Crippen molar-refractivity contribution in [2.75, 3.05) is 9.80 Å². The van der Waals surface area contributed by atoms with Gasteiger partial charge in [-0.05, 0) is 153 Å². The number of aryl methyl sites for hydroxylation is 1. The maximum atomic E-state index is 10.4. The summed E-state index contributed by atoms with van der Waals surface area (Å²) in [5.41, 5.74) is 16.6. The quantitative estimate of drug-likeness (QED) is 0.145. The van der Waals surface area contributed by atoms with E-state index in [-0.39, 0.29) is 0 Å². The molecule has 1 aliphatic carbocycles. The van der Waals surface area contributed by atoms with E-state index in [1.54, 1.807) is 0 Å². The van der Waals surface area contributed by atoms with Gasteiger partial charge in [-0.25, -0.2) is 0 Å². The van der Waals surface area contributed by atoms with Crippen LogP contribution in [0, 0.1) is 22.7 Å². The lowest BCUT2D eigenvalue weighted by molar-refractivity contribution is 0.768. The number of hydrogen-bond donors (Lipinski definition) is 0. The van der Waals surface area contributed by atoms with E-state index in [1.165, 1.54) is 62.2 Å². The molecular formula is C77H51N5S2. The lowest BCUT2D eigenvalue weighted by atomic mass is 9.67. The van der Waals surface area contributed by atoms with Crippen molar-refractivity contribution in [2.45, 2.75) is 25.2 Å². The van der Waals surface area contributed by atoms with Gasteiger partial charge in [-0.1, -0.05) is 159 Å². The summed E-state index contributed by atoms with van der Waals surface area (Å²) in [4.78, 5) is 5.01. The maximum absolute atomic E-state index is 10.4. The number of fused-ring (bicyclic) bond motifs is 14. The van der Waals surface area contributed by atoms with Gasteiger partial charge in [0.05, 0.1) is 61.6 Å². The second-order valence-electron chi connectivity index (χ2n) is 22.4. The molecule has 0 saturated heterocycles. The number of thiophene rings is 2. The molecule has 1 aliphatic rings. The lowest BCUT2D eigenvalue weighted by Gasteiger charge is -2.36. The third kappa shape index (κ3) is 7.23. The molecule has 5 nitrogen and oxygen atoms in total. The predicted molar refractivity (Wildman–Crippen MR) is 354 cm³/mol. The Morgan fingerprint density at radius 2 is 0.952 bits per heavy atom. The number of nitriles is 2. The molecule has 0 radical (unpaired) electrons. The Labute approximate surface area is 494 Å². The number of aromatic nitrogens is 1. The molecule has 0 amide bonds. The van der Waals surface area contributed by atoms with Crippen LogP contribution in [0.4, 0.5) is 34.1 Å². The molecule has 0 bridgehead atoms. The minimum absolute atomic E-state index is 0.358. The monoisotopic (exact) mass is 1110 g/mol. The van der Waals surface area contributed by atoms with Crippen LogP contribution < -0.4 is 9.80 Å². The first-order chi connectivity index (χ1) is 41.3. The van der Waals surface area contributed by atoms with Gasteiger partial charge in [-0.3, -0.25) is 0 Å². The van der Waals surface area contributed by atoms with Crippen LogP contribution in [0.15, 0.2) is 249 Å². The molecule has 0 atom stereocenters. The molecule has 396 valence electrons. The Bertz CT molecular complexity index is 5220. The summed E-state index contributed by atoms with van der Waals surface area (Å²) in [6, 6.07) is 95.6. The van der Waals surface area contributed by atoms with E-state index in [4.69, 9.17) is 0 Å². The molecule has 0 spiro atoms. The largest absolute Gasteiger partial charge is 0.344 e. The van der Waals surface area contributed by atoms with Crippen molar-refractivity contribution in [1.29, 1.82) is 10.5 Å². The minimum atomic E-state index is -0.990. The SMILES string of the molecule is CC(C)c1ccc(N(c2cc3c(c4ccccc24)-c2ccc(N(c4cccc5sc6ccccc6c45)c4cccc5c4c4ccccc4n5C)cc2C3(c2ccc(C#N)cc2)c2ccc(C#N)cc2)c2cccc3c2sc2ccccc23)cc1. The number of rotatable bonds is 9. The fourth-order valence-corrected chi connectivity index (χ4v) is 16.2. The molecule has 0 saturated carbocycles. The smallest absolute Gasteiger partial charge is 0.0991 e. The van der Waals surface area contributed by atoms with Gasteiger partial charge in [0, 0.05) is 75.7 Å². The van der Waals surface area contributed by atoms with Crippen LogP contribution in [0.1, 0.15) is 58.7 Å². The van der Waals surface area contributed by atoms with Crippen molar-refractivity contribution < 1.29 is 0 Å². The number of nitrogens with zero attached hydrogens (tertiary/aromatic N) is 5. The molecule has 0 unspecified atom stereocenters. The standard InChI is InChI=1S/C77H51N5S2/c1-47(2)50-33-39-53(40-34-50)81(68-25-12-20-58-56-16-7-10-26-70(56)84-76(58)68)69-44-63-73(57-17-5-4-15-55(57)69)59-42-41-54(43-62(59)77(63,51-35-29-48(45-78)30-36-51)52-37-31-49(46-79)32-38-52)82(67-24-14-28-72-75(67)61-19-8-11-27-71(61)83-72)66-23-13-22-65-74(66)60-18-6-9-21-64(60)80(65)3/h4-44,47H,1-3H3. The van der Waals surface area contributed by atoms with Crippen molar-refractivity contribution >= 4 is 130 Å². The van der Waals surface area contributed by atoms with Gasteiger partial charge in [0.25, 0.3) is 0 Å².